The van der Waals surface area contributed by atoms with Gasteiger partial charge in [0.05, 0.1) is 0 Å². The first-order chi connectivity index (χ1) is 8.86. The van der Waals surface area contributed by atoms with Crippen molar-refractivity contribution in [1.29, 1.82) is 0 Å². The lowest BCUT2D eigenvalue weighted by molar-refractivity contribution is 0.246. The Balaban J connectivity index is 2.08. The quantitative estimate of drug-likeness (QED) is 0.812. The summed E-state index contributed by atoms with van der Waals surface area (Å²) in [6.45, 7) is 8.97. The predicted octanol–water partition coefficient (Wildman–Crippen LogP) is 4.69. The topological polar surface area (TPSA) is 12.0 Å². The van der Waals surface area contributed by atoms with Crippen LogP contribution in [0.2, 0.25) is 0 Å². The average molecular weight is 263 g/mol. The van der Waals surface area contributed by atoms with E-state index in [-0.39, 0.29) is 17.3 Å². The van der Waals surface area contributed by atoms with Gasteiger partial charge in [0.25, 0.3) is 0 Å². The molecule has 0 bridgehead atoms. The molecule has 0 saturated heterocycles. The van der Waals surface area contributed by atoms with Gasteiger partial charge in [-0.15, -0.1) is 0 Å². The minimum absolute atomic E-state index is 0.121. The Labute approximate surface area is 116 Å². The fourth-order valence-electron chi connectivity index (χ4n) is 2.71. The van der Waals surface area contributed by atoms with E-state index >= 15 is 0 Å². The van der Waals surface area contributed by atoms with E-state index in [0.717, 1.165) is 5.92 Å². The summed E-state index contributed by atoms with van der Waals surface area (Å²) < 4.78 is 13.1. The molecule has 1 fully saturated rings. The summed E-state index contributed by atoms with van der Waals surface area (Å²) in [5.74, 6) is 0.763. The summed E-state index contributed by atoms with van der Waals surface area (Å²) in [5, 5.41) is 3.74. The normalized spacial score (nSPS) is 19.2. The summed E-state index contributed by atoms with van der Waals surface area (Å²) in [7, 11) is 0. The molecule has 2 atom stereocenters. The van der Waals surface area contributed by atoms with Crippen molar-refractivity contribution in [3.63, 3.8) is 0 Å². The monoisotopic (exact) mass is 263 g/mol. The average Bonchev–Trinajstić information content (AvgIpc) is 3.10. The molecule has 0 spiro atoms. The zero-order valence-electron chi connectivity index (χ0n) is 12.5. The number of rotatable bonds is 5. The maximum absolute atomic E-state index is 13.1. The standard InChI is InChI=1S/C17H26FN/c1-12(11-13-5-6-13)19-16(17(2,3)4)14-7-9-15(18)10-8-14/h7-10,12-13,16,19H,5-6,11H2,1-4H3. The van der Waals surface area contributed by atoms with Crippen LogP contribution in [-0.2, 0) is 0 Å². The van der Waals surface area contributed by atoms with Crippen molar-refractivity contribution in [2.45, 2.75) is 59.0 Å². The molecule has 0 radical (unpaired) electrons. The van der Waals surface area contributed by atoms with Gasteiger partial charge < -0.3 is 5.32 Å². The summed E-state index contributed by atoms with van der Waals surface area (Å²) in [6.07, 6.45) is 4.04. The van der Waals surface area contributed by atoms with E-state index in [0.29, 0.717) is 6.04 Å². The van der Waals surface area contributed by atoms with Crippen LogP contribution in [0.4, 0.5) is 4.39 Å². The second-order valence-corrected chi connectivity index (χ2v) is 7.10. The van der Waals surface area contributed by atoms with Crippen LogP contribution in [0.3, 0.4) is 0 Å². The molecule has 19 heavy (non-hydrogen) atoms. The van der Waals surface area contributed by atoms with E-state index in [1.807, 2.05) is 12.1 Å². The van der Waals surface area contributed by atoms with Crippen molar-refractivity contribution in [3.8, 4) is 0 Å². The molecular weight excluding hydrogens is 237 g/mol. The van der Waals surface area contributed by atoms with Crippen molar-refractivity contribution in [2.24, 2.45) is 11.3 Å². The Bertz CT molecular complexity index is 400. The molecule has 1 aliphatic rings. The summed E-state index contributed by atoms with van der Waals surface area (Å²) in [6, 6.07) is 7.70. The van der Waals surface area contributed by atoms with Gasteiger partial charge in [-0.3, -0.25) is 0 Å². The van der Waals surface area contributed by atoms with Gasteiger partial charge in [-0.25, -0.2) is 4.39 Å². The highest BCUT2D eigenvalue weighted by Gasteiger charge is 2.30. The molecule has 1 N–H and O–H groups in total. The number of hydrogen-bond donors (Lipinski definition) is 1. The number of halogens is 1. The van der Waals surface area contributed by atoms with E-state index in [9.17, 15) is 4.39 Å². The van der Waals surface area contributed by atoms with Gasteiger partial charge in [-0.2, -0.15) is 0 Å². The molecule has 0 aromatic heterocycles. The highest BCUT2D eigenvalue weighted by atomic mass is 19.1. The highest BCUT2D eigenvalue weighted by Crippen LogP contribution is 2.36. The summed E-state index contributed by atoms with van der Waals surface area (Å²) in [5.41, 5.74) is 1.30. The van der Waals surface area contributed by atoms with Gasteiger partial charge in [0.15, 0.2) is 0 Å². The minimum Gasteiger partial charge on any atom is -0.307 e. The number of hydrogen-bond acceptors (Lipinski definition) is 1. The molecule has 2 heteroatoms. The Morgan fingerprint density at radius 2 is 1.79 bits per heavy atom. The van der Waals surface area contributed by atoms with Crippen LogP contribution in [0, 0.1) is 17.2 Å². The van der Waals surface area contributed by atoms with E-state index in [1.54, 1.807) is 12.1 Å². The van der Waals surface area contributed by atoms with Crippen LogP contribution in [0.25, 0.3) is 0 Å². The lowest BCUT2D eigenvalue weighted by Crippen LogP contribution is -2.38. The maximum atomic E-state index is 13.1. The molecule has 2 unspecified atom stereocenters. The van der Waals surface area contributed by atoms with Gasteiger partial charge in [0.1, 0.15) is 5.82 Å². The van der Waals surface area contributed by atoms with Crippen LogP contribution < -0.4 is 5.32 Å². The van der Waals surface area contributed by atoms with Crippen molar-refractivity contribution < 1.29 is 4.39 Å². The first-order valence-corrected chi connectivity index (χ1v) is 7.38. The van der Waals surface area contributed by atoms with Crippen LogP contribution in [0.15, 0.2) is 24.3 Å². The van der Waals surface area contributed by atoms with Crippen molar-refractivity contribution >= 4 is 0 Å². The van der Waals surface area contributed by atoms with Gasteiger partial charge >= 0.3 is 0 Å². The zero-order valence-corrected chi connectivity index (χ0v) is 12.5. The first kappa shape index (κ1) is 14.5. The SMILES string of the molecule is CC(CC1CC1)NC(c1ccc(F)cc1)C(C)(C)C. The van der Waals surface area contributed by atoms with Crippen LogP contribution in [0.5, 0.6) is 0 Å². The third kappa shape index (κ3) is 4.31. The van der Waals surface area contributed by atoms with Gasteiger partial charge in [-0.1, -0.05) is 45.7 Å². The van der Waals surface area contributed by atoms with Crippen molar-refractivity contribution in [1.82, 2.24) is 5.32 Å². The van der Waals surface area contributed by atoms with Crippen LogP contribution in [0.1, 0.15) is 58.6 Å². The molecular formula is C17H26FN. The fourth-order valence-corrected chi connectivity index (χ4v) is 2.71. The molecule has 1 aromatic carbocycles. The van der Waals surface area contributed by atoms with E-state index in [4.69, 9.17) is 0 Å². The summed E-state index contributed by atoms with van der Waals surface area (Å²) >= 11 is 0. The van der Waals surface area contributed by atoms with Crippen LogP contribution >= 0.6 is 0 Å². The Morgan fingerprint density at radius 1 is 1.21 bits per heavy atom. The molecule has 0 heterocycles. The van der Waals surface area contributed by atoms with E-state index in [1.165, 1.54) is 24.8 Å². The second kappa shape index (κ2) is 5.62. The molecule has 106 valence electrons. The largest absolute Gasteiger partial charge is 0.307 e. The predicted molar refractivity (Wildman–Crippen MR) is 78.5 cm³/mol. The Morgan fingerprint density at radius 3 is 2.26 bits per heavy atom. The Kier molecular flexibility index (Phi) is 4.29. The van der Waals surface area contributed by atoms with Crippen molar-refractivity contribution in [2.75, 3.05) is 0 Å². The third-order valence-corrected chi connectivity index (χ3v) is 3.90. The zero-order chi connectivity index (χ0) is 14.0. The van der Waals surface area contributed by atoms with Gasteiger partial charge in [-0.05, 0) is 42.4 Å². The maximum Gasteiger partial charge on any atom is 0.123 e. The highest BCUT2D eigenvalue weighted by molar-refractivity contribution is 5.21. The van der Waals surface area contributed by atoms with Gasteiger partial charge in [0, 0.05) is 12.1 Å². The lowest BCUT2D eigenvalue weighted by Gasteiger charge is -2.34. The van der Waals surface area contributed by atoms with E-state index in [2.05, 4.69) is 33.0 Å². The van der Waals surface area contributed by atoms with Gasteiger partial charge in [0.2, 0.25) is 0 Å². The Hall–Kier alpha value is -0.890. The molecule has 0 amide bonds. The molecule has 1 nitrogen and oxygen atoms in total. The minimum atomic E-state index is -0.164. The smallest absolute Gasteiger partial charge is 0.123 e. The molecule has 1 aliphatic carbocycles. The molecule has 2 rings (SSSR count). The molecule has 0 aliphatic heterocycles. The van der Waals surface area contributed by atoms with E-state index < -0.39 is 0 Å². The third-order valence-electron chi connectivity index (χ3n) is 3.90. The first-order valence-electron chi connectivity index (χ1n) is 7.38. The number of nitrogens with one attached hydrogen (secondary N) is 1. The van der Waals surface area contributed by atoms with Crippen molar-refractivity contribution in [3.05, 3.63) is 35.6 Å². The molecule has 1 saturated carbocycles. The number of benzene rings is 1. The summed E-state index contributed by atoms with van der Waals surface area (Å²) in [4.78, 5) is 0. The molecule has 1 aromatic rings. The fraction of sp³-hybridized carbons (Fsp3) is 0.647. The second-order valence-electron chi connectivity index (χ2n) is 7.10. The van der Waals surface area contributed by atoms with Crippen LogP contribution in [-0.4, -0.2) is 6.04 Å². The lowest BCUT2D eigenvalue weighted by atomic mass is 9.81.